The van der Waals surface area contributed by atoms with Gasteiger partial charge in [-0.25, -0.2) is 0 Å². The summed E-state index contributed by atoms with van der Waals surface area (Å²) in [6.07, 6.45) is 2.33. The van der Waals surface area contributed by atoms with Crippen molar-refractivity contribution in [3.63, 3.8) is 0 Å². The van der Waals surface area contributed by atoms with Crippen molar-refractivity contribution >= 4 is 16.7 Å². The molecule has 1 atom stereocenters. The number of fused-ring (bicyclic) bond motifs is 3. The number of aliphatic carboxylic acids is 1. The molecule has 0 saturated carbocycles. The molecule has 21 heavy (non-hydrogen) atoms. The molecule has 0 saturated heterocycles. The van der Waals surface area contributed by atoms with Gasteiger partial charge in [0.05, 0.1) is 6.79 Å². The fourth-order valence-corrected chi connectivity index (χ4v) is 3.42. The number of carboxylic acids is 1. The lowest BCUT2D eigenvalue weighted by atomic mass is 9.70. The average molecular weight is 283 g/mol. The van der Waals surface area contributed by atoms with Gasteiger partial charge < -0.3 is 5.11 Å². The molecule has 0 aliphatic heterocycles. The van der Waals surface area contributed by atoms with E-state index in [1.54, 1.807) is 6.92 Å². The maximum Gasteiger partial charge on any atom is 0.313 e. The predicted molar refractivity (Wildman–Crippen MR) is 86.0 cm³/mol. The minimum atomic E-state index is -0.935. The van der Waals surface area contributed by atoms with E-state index in [2.05, 4.69) is 32.0 Å². The summed E-state index contributed by atoms with van der Waals surface area (Å²) in [6, 6.07) is 8.59. The van der Waals surface area contributed by atoms with E-state index in [4.69, 9.17) is 1.37 Å². The molecule has 1 N–H and O–H groups in total. The van der Waals surface area contributed by atoms with Crippen molar-refractivity contribution in [1.82, 2.24) is 0 Å². The van der Waals surface area contributed by atoms with Crippen LogP contribution in [0.3, 0.4) is 0 Å². The number of carboxylic acid groups (broad SMARTS) is 1. The molecule has 0 unspecified atom stereocenters. The van der Waals surface area contributed by atoms with Gasteiger partial charge in [0.1, 0.15) is 0 Å². The minimum absolute atomic E-state index is 0.369. The predicted octanol–water partition coefficient (Wildman–Crippen LogP) is 4.64. The van der Waals surface area contributed by atoms with Crippen LogP contribution in [0, 0.1) is 0 Å². The summed E-state index contributed by atoms with van der Waals surface area (Å²) in [6.45, 7) is 6.07. The smallest absolute Gasteiger partial charge is 0.313 e. The van der Waals surface area contributed by atoms with E-state index in [1.807, 2.05) is 6.07 Å². The first-order valence-corrected chi connectivity index (χ1v) is 7.64. The zero-order valence-electron chi connectivity index (χ0n) is 13.9. The van der Waals surface area contributed by atoms with Gasteiger partial charge in [-0.1, -0.05) is 44.2 Å². The van der Waals surface area contributed by atoms with E-state index in [1.165, 1.54) is 5.56 Å². The van der Waals surface area contributed by atoms with E-state index >= 15 is 0 Å². The molecule has 0 fully saturated rings. The molecule has 0 amide bonds. The summed E-state index contributed by atoms with van der Waals surface area (Å²) in [7, 11) is 0. The van der Waals surface area contributed by atoms with Crippen molar-refractivity contribution in [2.24, 2.45) is 0 Å². The van der Waals surface area contributed by atoms with Crippen molar-refractivity contribution in [3.8, 4) is 0 Å². The minimum Gasteiger partial charge on any atom is -0.481 e. The van der Waals surface area contributed by atoms with Gasteiger partial charge in [0.25, 0.3) is 0 Å². The number of carbonyl (C=O) groups is 1. The Bertz CT molecular complexity index is 764. The SMILES string of the molecule is [2H]c1cc2cc(C(C)C)ccc2c2c1[C@](C)(C(=O)O)CCC2. The fraction of sp³-hybridized carbons (Fsp3) is 0.421. The summed E-state index contributed by atoms with van der Waals surface area (Å²) in [4.78, 5) is 11.8. The Balaban J connectivity index is 2.32. The highest BCUT2D eigenvalue weighted by Gasteiger charge is 2.39. The van der Waals surface area contributed by atoms with E-state index < -0.39 is 11.4 Å². The molecule has 0 spiro atoms. The van der Waals surface area contributed by atoms with Crippen LogP contribution < -0.4 is 0 Å². The van der Waals surface area contributed by atoms with Crippen LogP contribution in [0.5, 0.6) is 0 Å². The Hall–Kier alpha value is -1.83. The van der Waals surface area contributed by atoms with Crippen LogP contribution in [0.15, 0.2) is 30.3 Å². The van der Waals surface area contributed by atoms with Crippen molar-refractivity contribution < 1.29 is 11.3 Å². The molecule has 2 heteroatoms. The summed E-state index contributed by atoms with van der Waals surface area (Å²) >= 11 is 0. The van der Waals surface area contributed by atoms with Crippen LogP contribution in [-0.2, 0) is 16.6 Å². The standard InChI is InChI=1S/C19H22O2/c1-12(2)13-6-8-15-14(11-13)7-9-17-16(15)5-4-10-19(17,3)18(20)21/h6-9,11-12H,4-5,10H2,1-3H3,(H,20,21)/t19-/m1/s1/i9D. The van der Waals surface area contributed by atoms with Gasteiger partial charge in [-0.2, -0.15) is 0 Å². The van der Waals surface area contributed by atoms with Crippen LogP contribution in [0.25, 0.3) is 10.8 Å². The van der Waals surface area contributed by atoms with E-state index in [-0.39, 0.29) is 0 Å². The maximum atomic E-state index is 11.8. The lowest BCUT2D eigenvalue weighted by Gasteiger charge is -2.33. The van der Waals surface area contributed by atoms with Crippen molar-refractivity contribution in [2.45, 2.75) is 51.4 Å². The second kappa shape index (κ2) is 4.87. The van der Waals surface area contributed by atoms with E-state index in [0.717, 1.165) is 34.7 Å². The van der Waals surface area contributed by atoms with Crippen LogP contribution in [0.1, 0.15) is 57.6 Å². The Morgan fingerprint density at radius 1 is 1.38 bits per heavy atom. The summed E-state index contributed by atoms with van der Waals surface area (Å²) in [5.74, 6) is -0.376. The normalized spacial score (nSPS) is 22.2. The van der Waals surface area contributed by atoms with Gasteiger partial charge in [0.2, 0.25) is 0 Å². The zero-order chi connectivity index (χ0) is 16.1. The third kappa shape index (κ3) is 2.14. The highest BCUT2D eigenvalue weighted by molar-refractivity contribution is 5.91. The second-order valence-electron chi connectivity index (χ2n) is 6.63. The zero-order valence-corrected chi connectivity index (χ0v) is 12.9. The molecular formula is C19H22O2. The molecule has 0 heterocycles. The average Bonchev–Trinajstić information content (AvgIpc) is 2.46. The summed E-state index contributed by atoms with van der Waals surface area (Å²) in [5, 5.41) is 11.8. The number of aryl methyl sites for hydroxylation is 1. The molecular weight excluding hydrogens is 260 g/mol. The van der Waals surface area contributed by atoms with Crippen molar-refractivity contribution in [1.29, 1.82) is 0 Å². The molecule has 110 valence electrons. The lowest BCUT2D eigenvalue weighted by molar-refractivity contribution is -0.143. The van der Waals surface area contributed by atoms with Crippen LogP contribution in [-0.4, -0.2) is 11.1 Å². The molecule has 0 bridgehead atoms. The molecule has 2 aromatic carbocycles. The van der Waals surface area contributed by atoms with Crippen molar-refractivity contribution in [2.75, 3.05) is 0 Å². The first kappa shape index (κ1) is 12.9. The number of hydrogen-bond donors (Lipinski definition) is 1. The van der Waals surface area contributed by atoms with Gasteiger partial charge in [0.15, 0.2) is 0 Å². The molecule has 0 radical (unpaired) electrons. The molecule has 2 nitrogen and oxygen atoms in total. The Kier molecular flexibility index (Phi) is 2.99. The fourth-order valence-electron chi connectivity index (χ4n) is 3.42. The highest BCUT2D eigenvalue weighted by atomic mass is 16.4. The molecule has 1 aliphatic rings. The second-order valence-corrected chi connectivity index (χ2v) is 6.63. The molecule has 3 rings (SSSR count). The summed E-state index contributed by atoms with van der Waals surface area (Å²) in [5.41, 5.74) is 2.10. The van der Waals surface area contributed by atoms with Crippen LogP contribution in [0.2, 0.25) is 0 Å². The Labute approximate surface area is 127 Å². The Morgan fingerprint density at radius 2 is 2.14 bits per heavy atom. The summed E-state index contributed by atoms with van der Waals surface area (Å²) < 4.78 is 8.39. The van der Waals surface area contributed by atoms with Gasteiger partial charge in [-0.15, -0.1) is 0 Å². The van der Waals surface area contributed by atoms with Gasteiger partial charge in [-0.05, 0) is 59.6 Å². The largest absolute Gasteiger partial charge is 0.481 e. The van der Waals surface area contributed by atoms with Gasteiger partial charge in [-0.3, -0.25) is 4.79 Å². The van der Waals surface area contributed by atoms with Crippen LogP contribution >= 0.6 is 0 Å². The van der Waals surface area contributed by atoms with E-state index in [9.17, 15) is 9.90 Å². The lowest BCUT2D eigenvalue weighted by Crippen LogP contribution is -2.36. The number of rotatable bonds is 2. The van der Waals surface area contributed by atoms with Gasteiger partial charge in [0, 0.05) is 0 Å². The molecule has 1 aliphatic carbocycles. The monoisotopic (exact) mass is 283 g/mol. The molecule has 2 aromatic rings. The topological polar surface area (TPSA) is 37.3 Å². The molecule has 0 aromatic heterocycles. The van der Waals surface area contributed by atoms with Crippen molar-refractivity contribution in [3.05, 3.63) is 47.0 Å². The quantitative estimate of drug-likeness (QED) is 0.871. The number of benzene rings is 2. The first-order chi connectivity index (χ1) is 10.3. The Morgan fingerprint density at radius 3 is 2.81 bits per heavy atom. The van der Waals surface area contributed by atoms with E-state index in [0.29, 0.717) is 18.4 Å². The third-order valence-electron chi connectivity index (χ3n) is 4.87. The number of hydrogen-bond acceptors (Lipinski definition) is 1. The van der Waals surface area contributed by atoms with Gasteiger partial charge >= 0.3 is 5.97 Å². The maximum absolute atomic E-state index is 11.8. The third-order valence-corrected chi connectivity index (χ3v) is 4.87. The highest BCUT2D eigenvalue weighted by Crippen LogP contribution is 2.40. The van der Waals surface area contributed by atoms with Crippen LogP contribution in [0.4, 0.5) is 0 Å². The first-order valence-electron chi connectivity index (χ1n) is 8.14.